The maximum atomic E-state index is 12.4. The number of amides is 1. The van der Waals surface area contributed by atoms with E-state index in [1.54, 1.807) is 25.0 Å². The molecule has 39 heavy (non-hydrogen) atoms. The van der Waals surface area contributed by atoms with Crippen LogP contribution < -0.4 is 19.5 Å². The molecule has 200 valence electrons. The fourth-order valence-corrected chi connectivity index (χ4v) is 4.48. The van der Waals surface area contributed by atoms with Crippen molar-refractivity contribution in [3.05, 3.63) is 71.8 Å². The lowest BCUT2D eigenvalue weighted by molar-refractivity contribution is -0.132. The number of anilines is 1. The van der Waals surface area contributed by atoms with Crippen molar-refractivity contribution in [2.75, 3.05) is 19.5 Å². The number of rotatable bonds is 8. The molecule has 0 atom stereocenters. The van der Waals surface area contributed by atoms with Crippen molar-refractivity contribution in [2.45, 2.75) is 33.6 Å². The summed E-state index contributed by atoms with van der Waals surface area (Å²) < 4.78 is 18.6. The highest BCUT2D eigenvalue weighted by Gasteiger charge is 2.30. The molecule has 1 aliphatic carbocycles. The Morgan fingerprint density at radius 1 is 0.923 bits per heavy atom. The average molecular weight is 526 g/mol. The van der Waals surface area contributed by atoms with E-state index < -0.39 is 5.97 Å². The topological polar surface area (TPSA) is 91.7 Å². The van der Waals surface area contributed by atoms with Gasteiger partial charge in [0, 0.05) is 30.2 Å². The Kier molecular flexibility index (Phi) is 7.11. The van der Waals surface area contributed by atoms with E-state index >= 15 is 0 Å². The third-order valence-corrected chi connectivity index (χ3v) is 6.90. The van der Waals surface area contributed by atoms with Crippen molar-refractivity contribution in [2.24, 2.45) is 5.92 Å². The highest BCUT2D eigenvalue weighted by molar-refractivity contribution is 5.95. The van der Waals surface area contributed by atoms with E-state index in [1.165, 1.54) is 6.92 Å². The second-order valence-corrected chi connectivity index (χ2v) is 9.70. The SMILES string of the molecule is COc1cc(OC)cc(-c2nn(-c3cccc(C)c3C)c(OC(C)=O)c2-c2ccc(NC(=O)C3CC3)cc2)c1. The van der Waals surface area contributed by atoms with Crippen molar-refractivity contribution in [3.8, 4) is 45.5 Å². The van der Waals surface area contributed by atoms with Crippen LogP contribution in [0.1, 0.15) is 30.9 Å². The lowest BCUT2D eigenvalue weighted by Gasteiger charge is -2.13. The van der Waals surface area contributed by atoms with E-state index in [-0.39, 0.29) is 11.8 Å². The summed E-state index contributed by atoms with van der Waals surface area (Å²) in [7, 11) is 3.18. The number of carbonyl (C=O) groups is 2. The molecule has 8 heteroatoms. The summed E-state index contributed by atoms with van der Waals surface area (Å²) in [6, 6.07) is 18.9. The molecule has 1 saturated carbocycles. The van der Waals surface area contributed by atoms with Crippen LogP contribution in [0.4, 0.5) is 5.69 Å². The Labute approximate surface area is 227 Å². The molecule has 0 spiro atoms. The number of aromatic nitrogens is 2. The summed E-state index contributed by atoms with van der Waals surface area (Å²) in [4.78, 5) is 24.7. The zero-order chi connectivity index (χ0) is 27.7. The molecule has 0 saturated heterocycles. The van der Waals surface area contributed by atoms with Gasteiger partial charge in [-0.3, -0.25) is 9.59 Å². The molecule has 1 heterocycles. The maximum Gasteiger partial charge on any atom is 0.309 e. The Hall–Kier alpha value is -4.59. The molecule has 0 radical (unpaired) electrons. The highest BCUT2D eigenvalue weighted by Crippen LogP contribution is 2.43. The summed E-state index contributed by atoms with van der Waals surface area (Å²) in [5, 5.41) is 7.97. The fourth-order valence-electron chi connectivity index (χ4n) is 4.48. The minimum atomic E-state index is -0.467. The molecule has 1 aliphatic rings. The summed E-state index contributed by atoms with van der Waals surface area (Å²) in [6.07, 6.45) is 1.86. The minimum absolute atomic E-state index is 0.0373. The van der Waals surface area contributed by atoms with Gasteiger partial charge in [-0.2, -0.15) is 9.78 Å². The van der Waals surface area contributed by atoms with Gasteiger partial charge in [0.1, 0.15) is 17.2 Å². The van der Waals surface area contributed by atoms with E-state index in [0.717, 1.165) is 40.8 Å². The van der Waals surface area contributed by atoms with Gasteiger partial charge < -0.3 is 19.5 Å². The van der Waals surface area contributed by atoms with Gasteiger partial charge in [-0.1, -0.05) is 24.3 Å². The van der Waals surface area contributed by atoms with E-state index in [1.807, 2.05) is 68.4 Å². The van der Waals surface area contributed by atoms with Gasteiger partial charge in [0.05, 0.1) is 25.5 Å². The number of hydrogen-bond donors (Lipinski definition) is 1. The van der Waals surface area contributed by atoms with Crippen LogP contribution in [0.15, 0.2) is 60.7 Å². The Balaban J connectivity index is 1.73. The standard InChI is InChI=1S/C31H31N3O5/c1-18-7-6-8-27(19(18)2)34-31(39-20(3)35)28(21-11-13-24(14-12-21)32-30(36)22-9-10-22)29(33-34)23-15-25(37-4)17-26(16-23)38-5/h6-8,11-17,22H,9-10H2,1-5H3,(H,32,36). The van der Waals surface area contributed by atoms with Crippen LogP contribution in [0.25, 0.3) is 28.1 Å². The second kappa shape index (κ2) is 10.6. The first-order valence-electron chi connectivity index (χ1n) is 12.8. The van der Waals surface area contributed by atoms with E-state index in [0.29, 0.717) is 34.3 Å². The molecule has 8 nitrogen and oxygen atoms in total. The van der Waals surface area contributed by atoms with Gasteiger partial charge in [0.25, 0.3) is 0 Å². The summed E-state index contributed by atoms with van der Waals surface area (Å²) in [5.41, 5.74) is 6.29. The van der Waals surface area contributed by atoms with Gasteiger partial charge in [0.15, 0.2) is 0 Å². The van der Waals surface area contributed by atoms with Gasteiger partial charge in [-0.25, -0.2) is 0 Å². The number of aryl methyl sites for hydroxylation is 1. The van der Waals surface area contributed by atoms with Crippen LogP contribution >= 0.6 is 0 Å². The zero-order valence-corrected chi connectivity index (χ0v) is 22.7. The quantitative estimate of drug-likeness (QED) is 0.279. The monoisotopic (exact) mass is 525 g/mol. The molecule has 0 bridgehead atoms. The van der Waals surface area contributed by atoms with Crippen LogP contribution in [0.2, 0.25) is 0 Å². The van der Waals surface area contributed by atoms with Crippen molar-refractivity contribution in [3.63, 3.8) is 0 Å². The highest BCUT2D eigenvalue weighted by atomic mass is 16.5. The first kappa shape index (κ1) is 26.0. The third kappa shape index (κ3) is 5.36. The second-order valence-electron chi connectivity index (χ2n) is 9.70. The molecule has 0 unspecified atom stereocenters. The normalized spacial score (nSPS) is 12.6. The number of esters is 1. The smallest absolute Gasteiger partial charge is 0.309 e. The van der Waals surface area contributed by atoms with E-state index in [9.17, 15) is 9.59 Å². The van der Waals surface area contributed by atoms with Crippen molar-refractivity contribution in [1.29, 1.82) is 0 Å². The number of nitrogens with zero attached hydrogens (tertiary/aromatic N) is 2. The molecule has 1 amide bonds. The van der Waals surface area contributed by atoms with Crippen LogP contribution in [0.3, 0.4) is 0 Å². The lowest BCUT2D eigenvalue weighted by atomic mass is 10.00. The molecule has 0 aliphatic heterocycles. The Bertz CT molecular complexity index is 1530. The zero-order valence-electron chi connectivity index (χ0n) is 22.7. The molecule has 4 aromatic rings. The molecule has 3 aromatic carbocycles. The molecule has 5 rings (SSSR count). The molecule has 1 fully saturated rings. The molecule has 1 aromatic heterocycles. The number of hydrogen-bond acceptors (Lipinski definition) is 6. The number of carbonyl (C=O) groups excluding carboxylic acids is 2. The number of benzene rings is 3. The van der Waals surface area contributed by atoms with Gasteiger partial charge in [0.2, 0.25) is 11.8 Å². The number of ether oxygens (including phenoxy) is 3. The van der Waals surface area contributed by atoms with Gasteiger partial charge in [-0.15, -0.1) is 0 Å². The third-order valence-electron chi connectivity index (χ3n) is 6.90. The van der Waals surface area contributed by atoms with Gasteiger partial charge >= 0.3 is 5.97 Å². The number of methoxy groups -OCH3 is 2. The van der Waals surface area contributed by atoms with Crippen LogP contribution in [0, 0.1) is 19.8 Å². The van der Waals surface area contributed by atoms with Crippen LogP contribution in [-0.2, 0) is 9.59 Å². The van der Waals surface area contributed by atoms with Crippen LogP contribution in [0.5, 0.6) is 17.4 Å². The maximum absolute atomic E-state index is 12.4. The van der Waals surface area contributed by atoms with Crippen molar-refractivity contribution in [1.82, 2.24) is 9.78 Å². The molecular weight excluding hydrogens is 494 g/mol. The predicted molar refractivity (Wildman–Crippen MR) is 150 cm³/mol. The largest absolute Gasteiger partial charge is 0.497 e. The first-order chi connectivity index (χ1) is 18.8. The fraction of sp³-hybridized carbons (Fsp3) is 0.258. The van der Waals surface area contributed by atoms with Gasteiger partial charge in [-0.05, 0) is 73.7 Å². The minimum Gasteiger partial charge on any atom is -0.497 e. The van der Waals surface area contributed by atoms with E-state index in [2.05, 4.69) is 5.32 Å². The summed E-state index contributed by atoms with van der Waals surface area (Å²) >= 11 is 0. The van der Waals surface area contributed by atoms with Crippen molar-refractivity contribution >= 4 is 17.6 Å². The van der Waals surface area contributed by atoms with Crippen LogP contribution in [-0.4, -0.2) is 35.9 Å². The Morgan fingerprint density at radius 3 is 2.18 bits per heavy atom. The van der Waals surface area contributed by atoms with Crippen molar-refractivity contribution < 1.29 is 23.8 Å². The first-order valence-corrected chi connectivity index (χ1v) is 12.8. The summed E-state index contributed by atoms with van der Waals surface area (Å²) in [5.74, 6) is 1.17. The van der Waals surface area contributed by atoms with E-state index in [4.69, 9.17) is 19.3 Å². The average Bonchev–Trinajstić information content (AvgIpc) is 3.72. The lowest BCUT2D eigenvalue weighted by Crippen LogP contribution is -2.13. The number of nitrogens with one attached hydrogen (secondary N) is 1. The summed E-state index contributed by atoms with van der Waals surface area (Å²) in [6.45, 7) is 5.40. The predicted octanol–water partition coefficient (Wildman–Crippen LogP) is 6.11. The Morgan fingerprint density at radius 2 is 1.59 bits per heavy atom. The molecular formula is C31H31N3O5. The molecule has 1 N–H and O–H groups in total.